The number of halogens is 1. The lowest BCUT2D eigenvalue weighted by Crippen LogP contribution is -1.98. The van der Waals surface area contributed by atoms with Crippen LogP contribution in [0.1, 0.15) is 12.5 Å². The van der Waals surface area contributed by atoms with Crippen molar-refractivity contribution in [3.05, 3.63) is 35.7 Å². The van der Waals surface area contributed by atoms with Gasteiger partial charge in [0.25, 0.3) is 0 Å². The molecule has 0 atom stereocenters. The maximum atomic E-state index is 12.9. The molecule has 0 radical (unpaired) electrons. The predicted molar refractivity (Wildman–Crippen MR) is 58.6 cm³/mol. The van der Waals surface area contributed by atoms with E-state index < -0.39 is 5.97 Å². The first kappa shape index (κ1) is 12.2. The van der Waals surface area contributed by atoms with Crippen molar-refractivity contribution in [1.82, 2.24) is 0 Å². The zero-order chi connectivity index (χ0) is 12.0. The maximum Gasteiger partial charge on any atom is 0.330 e. The van der Waals surface area contributed by atoms with Crippen LogP contribution in [0.15, 0.2) is 24.3 Å². The summed E-state index contributed by atoms with van der Waals surface area (Å²) in [6.45, 7) is 2.05. The summed E-state index contributed by atoms with van der Waals surface area (Å²) in [5.74, 6) is -0.445. The number of hydrogen-bond acceptors (Lipinski definition) is 3. The van der Waals surface area contributed by atoms with Crippen LogP contribution >= 0.6 is 0 Å². The first-order valence-corrected chi connectivity index (χ1v) is 4.85. The number of hydrogen-bond donors (Lipinski definition) is 0. The Hall–Kier alpha value is -1.84. The molecule has 0 heterocycles. The molecule has 1 rings (SSSR count). The van der Waals surface area contributed by atoms with Crippen molar-refractivity contribution in [2.75, 3.05) is 13.7 Å². The van der Waals surface area contributed by atoms with E-state index in [0.717, 1.165) is 0 Å². The molecule has 0 amide bonds. The van der Waals surface area contributed by atoms with Crippen LogP contribution in [0.3, 0.4) is 0 Å². The van der Waals surface area contributed by atoms with Gasteiger partial charge in [0.15, 0.2) is 0 Å². The van der Waals surface area contributed by atoms with Crippen LogP contribution in [0, 0.1) is 5.82 Å². The number of methoxy groups -OCH3 is 1. The van der Waals surface area contributed by atoms with Gasteiger partial charge in [0.1, 0.15) is 11.6 Å². The third-order valence-electron chi connectivity index (χ3n) is 1.88. The minimum Gasteiger partial charge on any atom is -0.496 e. The SMILES string of the molecule is CCOC(=O)/C=C/c1ccc(F)cc1OC. The Balaban J connectivity index is 2.84. The molecule has 0 saturated heterocycles. The van der Waals surface area contributed by atoms with Crippen molar-refractivity contribution >= 4 is 12.0 Å². The molecular weight excluding hydrogens is 211 g/mol. The molecule has 0 aromatic heterocycles. The smallest absolute Gasteiger partial charge is 0.330 e. The molecule has 1 aromatic carbocycles. The van der Waals surface area contributed by atoms with Crippen molar-refractivity contribution in [3.63, 3.8) is 0 Å². The molecule has 1 aromatic rings. The van der Waals surface area contributed by atoms with Gasteiger partial charge in [0, 0.05) is 17.7 Å². The summed E-state index contributed by atoms with van der Waals surface area (Å²) >= 11 is 0. The predicted octanol–water partition coefficient (Wildman–Crippen LogP) is 2.41. The monoisotopic (exact) mass is 224 g/mol. The largest absolute Gasteiger partial charge is 0.496 e. The molecule has 0 saturated carbocycles. The van der Waals surface area contributed by atoms with Gasteiger partial charge < -0.3 is 9.47 Å². The molecule has 0 aliphatic rings. The van der Waals surface area contributed by atoms with E-state index in [2.05, 4.69) is 0 Å². The zero-order valence-corrected chi connectivity index (χ0v) is 9.20. The number of carbonyl (C=O) groups is 1. The molecule has 16 heavy (non-hydrogen) atoms. The maximum absolute atomic E-state index is 12.9. The quantitative estimate of drug-likeness (QED) is 0.582. The Labute approximate surface area is 93.5 Å². The van der Waals surface area contributed by atoms with Crippen molar-refractivity contribution < 1.29 is 18.7 Å². The molecule has 0 aliphatic heterocycles. The highest BCUT2D eigenvalue weighted by Gasteiger charge is 2.02. The third kappa shape index (κ3) is 3.38. The Morgan fingerprint density at radius 3 is 2.88 bits per heavy atom. The fraction of sp³-hybridized carbons (Fsp3) is 0.250. The summed E-state index contributed by atoms with van der Waals surface area (Å²) < 4.78 is 22.6. The van der Waals surface area contributed by atoms with Gasteiger partial charge >= 0.3 is 5.97 Å². The van der Waals surface area contributed by atoms with E-state index in [9.17, 15) is 9.18 Å². The molecule has 0 fully saturated rings. The Morgan fingerprint density at radius 2 is 2.25 bits per heavy atom. The van der Waals surface area contributed by atoms with Crippen LogP contribution in [0.5, 0.6) is 5.75 Å². The Morgan fingerprint density at radius 1 is 1.50 bits per heavy atom. The van der Waals surface area contributed by atoms with Crippen LogP contribution in [-0.4, -0.2) is 19.7 Å². The van der Waals surface area contributed by atoms with Gasteiger partial charge in [0.2, 0.25) is 0 Å². The molecule has 4 heteroatoms. The van der Waals surface area contributed by atoms with Gasteiger partial charge in [0.05, 0.1) is 13.7 Å². The highest BCUT2D eigenvalue weighted by Crippen LogP contribution is 2.20. The lowest BCUT2D eigenvalue weighted by Gasteiger charge is -2.04. The number of esters is 1. The van der Waals surface area contributed by atoms with Crippen LogP contribution in [-0.2, 0) is 9.53 Å². The molecular formula is C12H13FO3. The van der Waals surface area contributed by atoms with Crippen molar-refractivity contribution in [1.29, 1.82) is 0 Å². The fourth-order valence-electron chi connectivity index (χ4n) is 1.17. The first-order chi connectivity index (χ1) is 7.67. The molecule has 0 unspecified atom stereocenters. The zero-order valence-electron chi connectivity index (χ0n) is 9.20. The fourth-order valence-corrected chi connectivity index (χ4v) is 1.17. The van der Waals surface area contributed by atoms with Gasteiger partial charge in [-0.15, -0.1) is 0 Å². The summed E-state index contributed by atoms with van der Waals surface area (Å²) in [5, 5.41) is 0. The lowest BCUT2D eigenvalue weighted by molar-refractivity contribution is -0.137. The highest BCUT2D eigenvalue weighted by atomic mass is 19.1. The van der Waals surface area contributed by atoms with Crippen LogP contribution in [0.4, 0.5) is 4.39 Å². The van der Waals surface area contributed by atoms with Crippen LogP contribution in [0.25, 0.3) is 6.08 Å². The molecule has 0 bridgehead atoms. The van der Waals surface area contributed by atoms with E-state index >= 15 is 0 Å². The molecule has 0 aliphatic carbocycles. The summed E-state index contributed by atoms with van der Waals surface area (Å²) in [7, 11) is 1.44. The van der Waals surface area contributed by atoms with E-state index in [1.807, 2.05) is 0 Å². The van der Waals surface area contributed by atoms with Gasteiger partial charge in [-0.1, -0.05) is 0 Å². The van der Waals surface area contributed by atoms with E-state index in [4.69, 9.17) is 9.47 Å². The lowest BCUT2D eigenvalue weighted by atomic mass is 10.2. The second kappa shape index (κ2) is 5.90. The molecule has 0 N–H and O–H groups in total. The Kier molecular flexibility index (Phi) is 4.51. The Bertz CT molecular complexity index is 399. The molecule has 0 spiro atoms. The van der Waals surface area contributed by atoms with E-state index in [-0.39, 0.29) is 5.82 Å². The van der Waals surface area contributed by atoms with Crippen molar-refractivity contribution in [2.24, 2.45) is 0 Å². The minimum atomic E-state index is -0.436. The van der Waals surface area contributed by atoms with E-state index in [1.54, 1.807) is 6.92 Å². The topological polar surface area (TPSA) is 35.5 Å². The third-order valence-corrected chi connectivity index (χ3v) is 1.88. The standard InChI is InChI=1S/C12H13FO3/c1-3-16-12(14)7-5-9-4-6-10(13)8-11(9)15-2/h4-8H,3H2,1-2H3/b7-5+. The van der Waals surface area contributed by atoms with Gasteiger partial charge in [-0.05, 0) is 25.1 Å². The second-order valence-corrected chi connectivity index (χ2v) is 2.97. The number of rotatable bonds is 4. The second-order valence-electron chi connectivity index (χ2n) is 2.97. The van der Waals surface area contributed by atoms with Crippen LogP contribution in [0.2, 0.25) is 0 Å². The molecule has 3 nitrogen and oxygen atoms in total. The van der Waals surface area contributed by atoms with Crippen molar-refractivity contribution in [2.45, 2.75) is 6.92 Å². The molecule has 86 valence electrons. The normalized spacial score (nSPS) is 10.4. The first-order valence-electron chi connectivity index (χ1n) is 4.85. The number of carbonyl (C=O) groups excluding carboxylic acids is 1. The summed E-state index contributed by atoms with van der Waals surface area (Å²) in [6, 6.07) is 4.09. The minimum absolute atomic E-state index is 0.323. The van der Waals surface area contributed by atoms with Gasteiger partial charge in [-0.25, -0.2) is 9.18 Å². The summed E-state index contributed by atoms with van der Waals surface area (Å²) in [6.07, 6.45) is 2.80. The van der Waals surface area contributed by atoms with Gasteiger partial charge in [-0.3, -0.25) is 0 Å². The van der Waals surface area contributed by atoms with Crippen LogP contribution < -0.4 is 4.74 Å². The van der Waals surface area contributed by atoms with Crippen molar-refractivity contribution in [3.8, 4) is 5.75 Å². The van der Waals surface area contributed by atoms with Gasteiger partial charge in [-0.2, -0.15) is 0 Å². The average Bonchev–Trinajstić information content (AvgIpc) is 2.27. The van der Waals surface area contributed by atoms with E-state index in [0.29, 0.717) is 17.9 Å². The number of benzene rings is 1. The summed E-state index contributed by atoms with van der Waals surface area (Å²) in [5.41, 5.74) is 0.622. The summed E-state index contributed by atoms with van der Waals surface area (Å²) in [4.78, 5) is 11.1. The number of ether oxygens (including phenoxy) is 2. The average molecular weight is 224 g/mol. The highest BCUT2D eigenvalue weighted by molar-refractivity contribution is 5.87. The van der Waals surface area contributed by atoms with E-state index in [1.165, 1.54) is 37.5 Å².